The SMILES string of the molecule is O=C(/C=C/c1ccsc1)N1CCN(CC(=O)N2CCOCC2)CC1. The maximum atomic E-state index is 12.3. The van der Waals surface area contributed by atoms with Gasteiger partial charge in [0.25, 0.3) is 0 Å². The van der Waals surface area contributed by atoms with E-state index < -0.39 is 0 Å². The van der Waals surface area contributed by atoms with Crippen molar-refractivity contribution in [2.45, 2.75) is 0 Å². The lowest BCUT2D eigenvalue weighted by Gasteiger charge is -2.35. The van der Waals surface area contributed by atoms with Crippen molar-refractivity contribution >= 4 is 29.2 Å². The Kier molecular flexibility index (Phi) is 6.01. The third-order valence-electron chi connectivity index (χ3n) is 4.37. The molecule has 1 aromatic rings. The minimum absolute atomic E-state index is 0.0420. The number of piperazine rings is 1. The van der Waals surface area contributed by atoms with Crippen LogP contribution in [0.1, 0.15) is 5.56 Å². The van der Waals surface area contributed by atoms with E-state index >= 15 is 0 Å². The van der Waals surface area contributed by atoms with Crippen LogP contribution < -0.4 is 0 Å². The van der Waals surface area contributed by atoms with E-state index in [1.807, 2.05) is 32.7 Å². The normalized spacial score (nSPS) is 19.8. The van der Waals surface area contributed by atoms with Gasteiger partial charge in [0.05, 0.1) is 19.8 Å². The second-order valence-corrected chi connectivity index (χ2v) is 6.76. The number of hydrogen-bond donors (Lipinski definition) is 0. The first kappa shape index (κ1) is 17.1. The van der Waals surface area contributed by atoms with Crippen LogP contribution in [0.15, 0.2) is 22.9 Å². The third-order valence-corrected chi connectivity index (χ3v) is 5.07. The third kappa shape index (κ3) is 4.66. The highest BCUT2D eigenvalue weighted by Crippen LogP contribution is 2.09. The lowest BCUT2D eigenvalue weighted by atomic mass is 10.2. The fourth-order valence-electron chi connectivity index (χ4n) is 2.87. The maximum Gasteiger partial charge on any atom is 0.246 e. The topological polar surface area (TPSA) is 53.1 Å². The van der Waals surface area contributed by atoms with Gasteiger partial charge in [0.2, 0.25) is 11.8 Å². The summed E-state index contributed by atoms with van der Waals surface area (Å²) < 4.78 is 5.27. The molecule has 0 atom stereocenters. The van der Waals surface area contributed by atoms with Crippen LogP contribution in [-0.4, -0.2) is 85.5 Å². The van der Waals surface area contributed by atoms with Gasteiger partial charge in [0.1, 0.15) is 0 Å². The van der Waals surface area contributed by atoms with E-state index in [1.165, 1.54) is 0 Å². The quantitative estimate of drug-likeness (QED) is 0.754. The lowest BCUT2D eigenvalue weighted by molar-refractivity contribution is -0.137. The molecular formula is C17H23N3O3S. The smallest absolute Gasteiger partial charge is 0.246 e. The molecule has 3 heterocycles. The van der Waals surface area contributed by atoms with Crippen LogP contribution in [0.2, 0.25) is 0 Å². The van der Waals surface area contributed by atoms with Crippen molar-refractivity contribution in [1.82, 2.24) is 14.7 Å². The molecule has 0 N–H and O–H groups in total. The maximum absolute atomic E-state index is 12.3. The minimum atomic E-state index is 0.0420. The van der Waals surface area contributed by atoms with E-state index in [2.05, 4.69) is 4.90 Å². The van der Waals surface area contributed by atoms with Crippen LogP contribution in [0.5, 0.6) is 0 Å². The molecule has 3 rings (SSSR count). The highest BCUT2D eigenvalue weighted by atomic mass is 32.1. The summed E-state index contributed by atoms with van der Waals surface area (Å²) in [4.78, 5) is 30.3. The van der Waals surface area contributed by atoms with Crippen LogP contribution in [-0.2, 0) is 14.3 Å². The van der Waals surface area contributed by atoms with Crippen molar-refractivity contribution in [3.05, 3.63) is 28.5 Å². The van der Waals surface area contributed by atoms with E-state index in [9.17, 15) is 9.59 Å². The minimum Gasteiger partial charge on any atom is -0.378 e. The number of hydrogen-bond acceptors (Lipinski definition) is 5. The Morgan fingerprint density at radius 1 is 1.08 bits per heavy atom. The second kappa shape index (κ2) is 8.41. The molecule has 0 radical (unpaired) electrons. The zero-order valence-corrected chi connectivity index (χ0v) is 14.5. The largest absolute Gasteiger partial charge is 0.378 e. The van der Waals surface area contributed by atoms with Crippen LogP contribution in [0.3, 0.4) is 0 Å². The average molecular weight is 349 g/mol. The van der Waals surface area contributed by atoms with Gasteiger partial charge in [-0.15, -0.1) is 0 Å². The summed E-state index contributed by atoms with van der Waals surface area (Å²) in [6.07, 6.45) is 3.49. The average Bonchev–Trinajstić information content (AvgIpc) is 3.14. The molecule has 2 aliphatic heterocycles. The van der Waals surface area contributed by atoms with Crippen molar-refractivity contribution in [3.8, 4) is 0 Å². The fraction of sp³-hybridized carbons (Fsp3) is 0.529. The van der Waals surface area contributed by atoms with Crippen molar-refractivity contribution in [1.29, 1.82) is 0 Å². The summed E-state index contributed by atoms with van der Waals surface area (Å²) in [6.45, 7) is 5.89. The van der Waals surface area contributed by atoms with Gasteiger partial charge in [-0.25, -0.2) is 0 Å². The molecule has 6 nitrogen and oxygen atoms in total. The Morgan fingerprint density at radius 3 is 2.50 bits per heavy atom. The van der Waals surface area contributed by atoms with Gasteiger partial charge in [0.15, 0.2) is 0 Å². The Morgan fingerprint density at radius 2 is 1.83 bits per heavy atom. The molecule has 7 heteroatoms. The van der Waals surface area contributed by atoms with Gasteiger partial charge in [-0.1, -0.05) is 0 Å². The zero-order valence-electron chi connectivity index (χ0n) is 13.7. The van der Waals surface area contributed by atoms with E-state index in [4.69, 9.17) is 4.74 Å². The van der Waals surface area contributed by atoms with Crippen LogP contribution in [0.25, 0.3) is 6.08 Å². The summed E-state index contributed by atoms with van der Waals surface area (Å²) >= 11 is 1.62. The first-order chi connectivity index (χ1) is 11.7. The molecule has 0 aromatic carbocycles. The monoisotopic (exact) mass is 349 g/mol. The number of rotatable bonds is 4. The van der Waals surface area contributed by atoms with Crippen LogP contribution >= 0.6 is 11.3 Å². The summed E-state index contributed by atoms with van der Waals surface area (Å²) in [5.41, 5.74) is 1.06. The highest BCUT2D eigenvalue weighted by molar-refractivity contribution is 7.08. The van der Waals surface area contributed by atoms with Crippen molar-refractivity contribution < 1.29 is 14.3 Å². The lowest BCUT2D eigenvalue weighted by Crippen LogP contribution is -2.52. The van der Waals surface area contributed by atoms with E-state index in [-0.39, 0.29) is 11.8 Å². The molecule has 0 aliphatic carbocycles. The number of morpholine rings is 1. The molecule has 2 aliphatic rings. The molecule has 1 aromatic heterocycles. The van der Waals surface area contributed by atoms with Crippen molar-refractivity contribution in [2.75, 3.05) is 59.0 Å². The van der Waals surface area contributed by atoms with Crippen molar-refractivity contribution in [3.63, 3.8) is 0 Å². The molecule has 0 bridgehead atoms. The number of thiophene rings is 1. The van der Waals surface area contributed by atoms with Gasteiger partial charge in [0, 0.05) is 45.3 Å². The van der Waals surface area contributed by atoms with Gasteiger partial charge in [-0.05, 0) is 28.5 Å². The number of carbonyl (C=O) groups is 2. The molecular weight excluding hydrogens is 326 g/mol. The molecule has 0 spiro atoms. The fourth-order valence-corrected chi connectivity index (χ4v) is 3.50. The van der Waals surface area contributed by atoms with Gasteiger partial charge >= 0.3 is 0 Å². The number of nitrogens with zero attached hydrogens (tertiary/aromatic N) is 3. The molecule has 2 saturated heterocycles. The van der Waals surface area contributed by atoms with Crippen molar-refractivity contribution in [2.24, 2.45) is 0 Å². The van der Waals surface area contributed by atoms with Gasteiger partial charge < -0.3 is 14.5 Å². The molecule has 24 heavy (non-hydrogen) atoms. The Balaban J connectivity index is 1.42. The molecule has 2 fully saturated rings. The van der Waals surface area contributed by atoms with E-state index in [0.717, 1.165) is 18.7 Å². The molecule has 130 valence electrons. The number of amides is 2. The first-order valence-electron chi connectivity index (χ1n) is 8.29. The Bertz CT molecular complexity index is 574. The number of ether oxygens (including phenoxy) is 1. The summed E-state index contributed by atoms with van der Waals surface area (Å²) in [7, 11) is 0. The summed E-state index contributed by atoms with van der Waals surface area (Å²) in [5.74, 6) is 0.204. The van der Waals surface area contributed by atoms with Gasteiger partial charge in [-0.3, -0.25) is 14.5 Å². The highest BCUT2D eigenvalue weighted by Gasteiger charge is 2.24. The van der Waals surface area contributed by atoms with Crippen LogP contribution in [0, 0.1) is 0 Å². The zero-order chi connectivity index (χ0) is 16.8. The van der Waals surface area contributed by atoms with Crippen LogP contribution in [0.4, 0.5) is 0 Å². The standard InChI is InChI=1S/C17H23N3O3S/c21-16(2-1-15-3-12-24-14-15)19-6-4-18(5-7-19)13-17(22)20-8-10-23-11-9-20/h1-3,12,14H,4-11,13H2/b2-1+. The first-order valence-corrected chi connectivity index (χ1v) is 9.24. The number of carbonyl (C=O) groups excluding carboxylic acids is 2. The van der Waals surface area contributed by atoms with E-state index in [0.29, 0.717) is 45.9 Å². The van der Waals surface area contributed by atoms with Gasteiger partial charge in [-0.2, -0.15) is 11.3 Å². The Hall–Kier alpha value is -1.70. The molecule has 2 amide bonds. The predicted octanol–water partition coefficient (Wildman–Crippen LogP) is 0.764. The second-order valence-electron chi connectivity index (χ2n) is 5.98. The Labute approximate surface area is 146 Å². The molecule has 0 unspecified atom stereocenters. The predicted molar refractivity (Wildman–Crippen MR) is 93.8 cm³/mol. The summed E-state index contributed by atoms with van der Waals surface area (Å²) in [6, 6.07) is 1.99. The summed E-state index contributed by atoms with van der Waals surface area (Å²) in [5, 5.41) is 4.01. The molecule has 0 saturated carbocycles. The van der Waals surface area contributed by atoms with E-state index in [1.54, 1.807) is 17.4 Å².